The second-order valence-corrected chi connectivity index (χ2v) is 8.40. The van der Waals surface area contributed by atoms with Crippen molar-refractivity contribution in [1.29, 1.82) is 0 Å². The Labute approximate surface area is 169 Å². The van der Waals surface area contributed by atoms with Gasteiger partial charge in [-0.2, -0.15) is 0 Å². The molecule has 1 aromatic heterocycles. The topological polar surface area (TPSA) is 55.2 Å². The molecular weight excluding hydrogens is 382 g/mol. The van der Waals surface area contributed by atoms with Crippen LogP contribution in [0.2, 0.25) is 5.02 Å². The standard InChI is InChI=1S/C20H26ClN3O2S/c1-6-23(10-13(2)3)18(25)12-27-20-22-17-8-7-15(21)9-16(17)19(26)24(20)11-14(4)5/h7-9,14H,2,6,10-12H2,1,3-5H3. The summed E-state index contributed by atoms with van der Waals surface area (Å²) in [5.41, 5.74) is 1.40. The van der Waals surface area contributed by atoms with Crippen LogP contribution >= 0.6 is 23.4 Å². The van der Waals surface area contributed by atoms with E-state index in [9.17, 15) is 9.59 Å². The first-order valence-corrected chi connectivity index (χ1v) is 10.3. The van der Waals surface area contributed by atoms with E-state index in [1.54, 1.807) is 27.7 Å². The van der Waals surface area contributed by atoms with E-state index in [0.29, 0.717) is 40.7 Å². The summed E-state index contributed by atoms with van der Waals surface area (Å²) in [6.07, 6.45) is 0. The summed E-state index contributed by atoms with van der Waals surface area (Å²) in [4.78, 5) is 31.9. The zero-order valence-electron chi connectivity index (χ0n) is 16.3. The van der Waals surface area contributed by atoms with Crippen molar-refractivity contribution >= 4 is 40.2 Å². The summed E-state index contributed by atoms with van der Waals surface area (Å²) >= 11 is 7.34. The summed E-state index contributed by atoms with van der Waals surface area (Å²) in [5.74, 6) is 0.504. The molecule has 0 unspecified atom stereocenters. The van der Waals surface area contributed by atoms with E-state index in [2.05, 4.69) is 11.6 Å². The average Bonchev–Trinajstić information content (AvgIpc) is 2.60. The monoisotopic (exact) mass is 407 g/mol. The molecule has 0 N–H and O–H groups in total. The lowest BCUT2D eigenvalue weighted by Crippen LogP contribution is -2.34. The number of carbonyl (C=O) groups excluding carboxylic acids is 1. The summed E-state index contributed by atoms with van der Waals surface area (Å²) in [6, 6.07) is 5.10. The molecule has 146 valence electrons. The number of carbonyl (C=O) groups is 1. The van der Waals surface area contributed by atoms with Gasteiger partial charge in [0, 0.05) is 24.7 Å². The van der Waals surface area contributed by atoms with Gasteiger partial charge in [0.05, 0.1) is 16.7 Å². The van der Waals surface area contributed by atoms with Crippen LogP contribution in [0.15, 0.2) is 40.3 Å². The smallest absolute Gasteiger partial charge is 0.262 e. The van der Waals surface area contributed by atoms with Crippen LogP contribution in [-0.2, 0) is 11.3 Å². The zero-order chi connectivity index (χ0) is 20.1. The fraction of sp³-hybridized carbons (Fsp3) is 0.450. The van der Waals surface area contributed by atoms with E-state index in [1.807, 2.05) is 27.7 Å². The maximum atomic E-state index is 13.0. The molecule has 5 nitrogen and oxygen atoms in total. The van der Waals surface area contributed by atoms with E-state index in [-0.39, 0.29) is 23.1 Å². The second-order valence-electron chi connectivity index (χ2n) is 7.02. The normalized spacial score (nSPS) is 11.2. The fourth-order valence-corrected chi connectivity index (χ4v) is 3.81. The first-order valence-electron chi connectivity index (χ1n) is 8.98. The van der Waals surface area contributed by atoms with Gasteiger partial charge < -0.3 is 4.90 Å². The molecule has 1 amide bonds. The minimum atomic E-state index is -0.125. The highest BCUT2D eigenvalue weighted by molar-refractivity contribution is 7.99. The third kappa shape index (κ3) is 5.59. The Hall–Kier alpha value is -1.79. The number of hydrogen-bond donors (Lipinski definition) is 0. The fourth-order valence-electron chi connectivity index (χ4n) is 2.73. The number of fused-ring (bicyclic) bond motifs is 1. The van der Waals surface area contributed by atoms with Crippen molar-refractivity contribution in [2.75, 3.05) is 18.8 Å². The highest BCUT2D eigenvalue weighted by Gasteiger charge is 2.17. The van der Waals surface area contributed by atoms with Gasteiger partial charge in [0.25, 0.3) is 5.56 Å². The Morgan fingerprint density at radius 3 is 2.70 bits per heavy atom. The Morgan fingerprint density at radius 1 is 1.41 bits per heavy atom. The minimum Gasteiger partial charge on any atom is -0.338 e. The summed E-state index contributed by atoms with van der Waals surface area (Å²) in [5, 5.41) is 1.56. The van der Waals surface area contributed by atoms with Crippen LogP contribution in [0.4, 0.5) is 0 Å². The summed E-state index contributed by atoms with van der Waals surface area (Å²) in [7, 11) is 0. The molecule has 0 aliphatic carbocycles. The molecule has 1 aromatic carbocycles. The van der Waals surface area contributed by atoms with Crippen LogP contribution in [0.3, 0.4) is 0 Å². The van der Waals surface area contributed by atoms with Gasteiger partial charge >= 0.3 is 0 Å². The average molecular weight is 408 g/mol. The van der Waals surface area contributed by atoms with Gasteiger partial charge in [-0.25, -0.2) is 4.98 Å². The predicted octanol–water partition coefficient (Wildman–Crippen LogP) is 4.22. The molecule has 1 heterocycles. The van der Waals surface area contributed by atoms with Gasteiger partial charge in [0.15, 0.2) is 5.16 Å². The number of benzene rings is 1. The first-order chi connectivity index (χ1) is 12.7. The van der Waals surface area contributed by atoms with Crippen molar-refractivity contribution in [2.24, 2.45) is 5.92 Å². The van der Waals surface area contributed by atoms with Crippen LogP contribution in [0.1, 0.15) is 27.7 Å². The quantitative estimate of drug-likeness (QED) is 0.373. The highest BCUT2D eigenvalue weighted by atomic mass is 35.5. The van der Waals surface area contributed by atoms with E-state index in [4.69, 9.17) is 11.6 Å². The molecule has 0 aliphatic heterocycles. The van der Waals surface area contributed by atoms with Crippen LogP contribution in [0, 0.1) is 5.92 Å². The molecule has 7 heteroatoms. The van der Waals surface area contributed by atoms with Crippen molar-refractivity contribution in [3.8, 4) is 0 Å². The van der Waals surface area contributed by atoms with Gasteiger partial charge in [-0.1, -0.05) is 49.4 Å². The van der Waals surface area contributed by atoms with Crippen molar-refractivity contribution in [3.05, 3.63) is 45.7 Å². The lowest BCUT2D eigenvalue weighted by atomic mass is 10.2. The Bertz CT molecular complexity index is 908. The van der Waals surface area contributed by atoms with Crippen molar-refractivity contribution < 1.29 is 4.79 Å². The number of likely N-dealkylation sites (N-methyl/N-ethyl adjacent to an activating group) is 1. The molecule has 0 saturated heterocycles. The van der Waals surface area contributed by atoms with Crippen LogP contribution in [-0.4, -0.2) is 39.2 Å². The van der Waals surface area contributed by atoms with Gasteiger partial charge in [-0.3, -0.25) is 14.2 Å². The van der Waals surface area contributed by atoms with Crippen LogP contribution < -0.4 is 5.56 Å². The predicted molar refractivity (Wildman–Crippen MR) is 114 cm³/mol. The molecule has 0 spiro atoms. The van der Waals surface area contributed by atoms with E-state index in [1.165, 1.54) is 11.8 Å². The largest absolute Gasteiger partial charge is 0.338 e. The Kier molecular flexibility index (Phi) is 7.50. The maximum absolute atomic E-state index is 13.0. The number of thioether (sulfide) groups is 1. The SMILES string of the molecule is C=C(C)CN(CC)C(=O)CSc1nc2ccc(Cl)cc2c(=O)n1CC(C)C. The van der Waals surface area contributed by atoms with Crippen molar-refractivity contribution in [2.45, 2.75) is 39.4 Å². The van der Waals surface area contributed by atoms with Gasteiger partial charge in [-0.15, -0.1) is 0 Å². The van der Waals surface area contributed by atoms with E-state index in [0.717, 1.165) is 5.57 Å². The molecule has 0 bridgehead atoms. The molecule has 0 saturated carbocycles. The number of hydrogen-bond acceptors (Lipinski definition) is 4. The molecule has 0 aliphatic rings. The molecule has 0 atom stereocenters. The van der Waals surface area contributed by atoms with Gasteiger partial charge in [0.1, 0.15) is 0 Å². The zero-order valence-corrected chi connectivity index (χ0v) is 17.9. The number of aromatic nitrogens is 2. The number of amides is 1. The lowest BCUT2D eigenvalue weighted by molar-refractivity contribution is -0.127. The number of nitrogens with zero attached hydrogens (tertiary/aromatic N) is 3. The second kappa shape index (κ2) is 9.42. The van der Waals surface area contributed by atoms with Gasteiger partial charge in [0.2, 0.25) is 5.91 Å². The van der Waals surface area contributed by atoms with E-state index < -0.39 is 0 Å². The van der Waals surface area contributed by atoms with Crippen LogP contribution in [0.25, 0.3) is 10.9 Å². The molecule has 0 fully saturated rings. The Morgan fingerprint density at radius 2 is 2.11 bits per heavy atom. The third-order valence-corrected chi connectivity index (χ3v) is 5.15. The summed E-state index contributed by atoms with van der Waals surface area (Å²) in [6.45, 7) is 13.5. The lowest BCUT2D eigenvalue weighted by Gasteiger charge is -2.21. The minimum absolute atomic E-state index is 0.00653. The molecule has 27 heavy (non-hydrogen) atoms. The molecular formula is C20H26ClN3O2S. The Balaban J connectivity index is 2.35. The van der Waals surface area contributed by atoms with Crippen molar-refractivity contribution in [1.82, 2.24) is 14.5 Å². The maximum Gasteiger partial charge on any atom is 0.262 e. The number of halogens is 1. The van der Waals surface area contributed by atoms with Crippen LogP contribution in [0.5, 0.6) is 0 Å². The molecule has 0 radical (unpaired) electrons. The highest BCUT2D eigenvalue weighted by Crippen LogP contribution is 2.21. The summed E-state index contributed by atoms with van der Waals surface area (Å²) < 4.78 is 1.65. The number of rotatable bonds is 8. The first kappa shape index (κ1) is 21.5. The van der Waals surface area contributed by atoms with E-state index >= 15 is 0 Å². The third-order valence-electron chi connectivity index (χ3n) is 3.95. The molecule has 2 aromatic rings. The van der Waals surface area contributed by atoms with Crippen molar-refractivity contribution in [3.63, 3.8) is 0 Å². The molecule has 2 rings (SSSR count). The van der Waals surface area contributed by atoms with Gasteiger partial charge in [-0.05, 0) is 38.0 Å².